The summed E-state index contributed by atoms with van der Waals surface area (Å²) in [5.41, 5.74) is 0.432. The molecule has 1 atom stereocenters. The first-order chi connectivity index (χ1) is 6.70. The maximum absolute atomic E-state index is 11.6. The largest absolute Gasteiger partial charge is 0.380 e. The third-order valence-corrected chi connectivity index (χ3v) is 3.82. The molecule has 2 nitrogen and oxygen atoms in total. The SMILES string of the molecule is CC1(CC2COCCC2=O)CCCC1. The number of Topliss-reactive ketones (excluding diaryl/α,β-unsaturated/α-hetero) is 1. The van der Waals surface area contributed by atoms with Crippen LogP contribution in [-0.2, 0) is 9.53 Å². The zero-order chi connectivity index (χ0) is 10.0. The average molecular weight is 196 g/mol. The lowest BCUT2D eigenvalue weighted by Crippen LogP contribution is -2.31. The van der Waals surface area contributed by atoms with Crippen molar-refractivity contribution in [1.82, 2.24) is 0 Å². The van der Waals surface area contributed by atoms with Crippen molar-refractivity contribution >= 4 is 5.78 Å². The Hall–Kier alpha value is -0.370. The molecule has 0 spiro atoms. The van der Waals surface area contributed by atoms with Crippen LogP contribution in [0.15, 0.2) is 0 Å². The van der Waals surface area contributed by atoms with E-state index in [1.807, 2.05) is 0 Å². The van der Waals surface area contributed by atoms with Crippen molar-refractivity contribution in [2.45, 2.75) is 45.4 Å². The Bertz CT molecular complexity index is 216. The van der Waals surface area contributed by atoms with Gasteiger partial charge in [0.15, 0.2) is 0 Å². The van der Waals surface area contributed by atoms with E-state index >= 15 is 0 Å². The number of hydrogen-bond acceptors (Lipinski definition) is 2. The zero-order valence-electron chi connectivity index (χ0n) is 9.05. The summed E-state index contributed by atoms with van der Waals surface area (Å²) >= 11 is 0. The summed E-state index contributed by atoms with van der Waals surface area (Å²) in [7, 11) is 0. The molecule has 14 heavy (non-hydrogen) atoms. The van der Waals surface area contributed by atoms with Gasteiger partial charge in [0.05, 0.1) is 13.2 Å². The highest BCUT2D eigenvalue weighted by Crippen LogP contribution is 2.43. The Balaban J connectivity index is 1.91. The number of carbonyl (C=O) groups is 1. The van der Waals surface area contributed by atoms with Gasteiger partial charge in [-0.1, -0.05) is 19.8 Å². The highest BCUT2D eigenvalue weighted by atomic mass is 16.5. The van der Waals surface area contributed by atoms with Gasteiger partial charge in [-0.05, 0) is 24.7 Å². The molecule has 2 rings (SSSR count). The van der Waals surface area contributed by atoms with E-state index in [1.165, 1.54) is 25.7 Å². The summed E-state index contributed by atoms with van der Waals surface area (Å²) in [6.45, 7) is 3.66. The predicted octanol–water partition coefficient (Wildman–Crippen LogP) is 2.56. The van der Waals surface area contributed by atoms with Crippen molar-refractivity contribution in [3.8, 4) is 0 Å². The number of carbonyl (C=O) groups excluding carboxylic acids is 1. The summed E-state index contributed by atoms with van der Waals surface area (Å²) < 4.78 is 5.39. The van der Waals surface area contributed by atoms with Gasteiger partial charge in [-0.25, -0.2) is 0 Å². The van der Waals surface area contributed by atoms with Crippen molar-refractivity contribution in [3.05, 3.63) is 0 Å². The summed E-state index contributed by atoms with van der Waals surface area (Å²) in [6.07, 6.45) is 7.00. The minimum Gasteiger partial charge on any atom is -0.380 e. The van der Waals surface area contributed by atoms with E-state index in [1.54, 1.807) is 0 Å². The number of hydrogen-bond donors (Lipinski definition) is 0. The first kappa shape index (κ1) is 10.2. The Morgan fingerprint density at radius 1 is 1.43 bits per heavy atom. The first-order valence-electron chi connectivity index (χ1n) is 5.80. The van der Waals surface area contributed by atoms with E-state index < -0.39 is 0 Å². The summed E-state index contributed by atoms with van der Waals surface area (Å²) in [4.78, 5) is 11.6. The molecule has 1 saturated carbocycles. The van der Waals surface area contributed by atoms with Crippen LogP contribution in [0.25, 0.3) is 0 Å². The molecule has 0 bridgehead atoms. The fourth-order valence-electron chi connectivity index (χ4n) is 2.90. The molecule has 2 aliphatic rings. The number of rotatable bonds is 2. The molecule has 1 aliphatic carbocycles. The summed E-state index contributed by atoms with van der Waals surface area (Å²) in [6, 6.07) is 0. The molecule has 1 aliphatic heterocycles. The normalized spacial score (nSPS) is 32.1. The van der Waals surface area contributed by atoms with E-state index in [9.17, 15) is 4.79 Å². The van der Waals surface area contributed by atoms with Crippen LogP contribution >= 0.6 is 0 Å². The first-order valence-corrected chi connectivity index (χ1v) is 5.80. The van der Waals surface area contributed by atoms with Gasteiger partial charge in [0, 0.05) is 12.3 Å². The minimum absolute atomic E-state index is 0.201. The van der Waals surface area contributed by atoms with E-state index in [2.05, 4.69) is 6.92 Å². The van der Waals surface area contributed by atoms with E-state index in [4.69, 9.17) is 4.74 Å². The van der Waals surface area contributed by atoms with Crippen LogP contribution in [0, 0.1) is 11.3 Å². The highest BCUT2D eigenvalue weighted by molar-refractivity contribution is 5.81. The molecule has 0 N–H and O–H groups in total. The van der Waals surface area contributed by atoms with Crippen molar-refractivity contribution in [3.63, 3.8) is 0 Å². The molecular formula is C12H20O2. The third kappa shape index (κ3) is 2.17. The third-order valence-electron chi connectivity index (χ3n) is 3.82. The molecule has 2 heteroatoms. The van der Waals surface area contributed by atoms with Crippen molar-refractivity contribution in [1.29, 1.82) is 0 Å². The van der Waals surface area contributed by atoms with Crippen LogP contribution in [0.2, 0.25) is 0 Å². The van der Waals surface area contributed by atoms with Crippen LogP contribution in [0.3, 0.4) is 0 Å². The van der Waals surface area contributed by atoms with Gasteiger partial charge in [0.1, 0.15) is 5.78 Å². The van der Waals surface area contributed by atoms with Crippen LogP contribution in [-0.4, -0.2) is 19.0 Å². The summed E-state index contributed by atoms with van der Waals surface area (Å²) in [5, 5.41) is 0. The Labute approximate surface area is 86.0 Å². The maximum atomic E-state index is 11.6. The molecule has 80 valence electrons. The van der Waals surface area contributed by atoms with Gasteiger partial charge < -0.3 is 4.74 Å². The van der Waals surface area contributed by atoms with Crippen molar-refractivity contribution in [2.75, 3.05) is 13.2 Å². The molecule has 1 unspecified atom stereocenters. The zero-order valence-corrected chi connectivity index (χ0v) is 9.05. The van der Waals surface area contributed by atoms with Crippen molar-refractivity contribution < 1.29 is 9.53 Å². The second-order valence-corrected chi connectivity index (χ2v) is 5.21. The lowest BCUT2D eigenvalue weighted by molar-refractivity contribution is -0.132. The summed E-state index contributed by atoms with van der Waals surface area (Å²) in [5.74, 6) is 0.635. The van der Waals surface area contributed by atoms with E-state index in [-0.39, 0.29) is 5.92 Å². The Morgan fingerprint density at radius 2 is 2.14 bits per heavy atom. The second kappa shape index (κ2) is 4.01. The lowest BCUT2D eigenvalue weighted by Gasteiger charge is -2.30. The lowest BCUT2D eigenvalue weighted by atomic mass is 9.77. The maximum Gasteiger partial charge on any atom is 0.140 e. The van der Waals surface area contributed by atoms with Gasteiger partial charge in [-0.2, -0.15) is 0 Å². The molecule has 0 radical (unpaired) electrons. The van der Waals surface area contributed by atoms with Gasteiger partial charge in [-0.3, -0.25) is 4.79 Å². The number of ketones is 1. The topological polar surface area (TPSA) is 26.3 Å². The quantitative estimate of drug-likeness (QED) is 0.678. The van der Waals surface area contributed by atoms with E-state index in [0.29, 0.717) is 30.8 Å². The van der Waals surface area contributed by atoms with Crippen LogP contribution in [0.5, 0.6) is 0 Å². The standard InChI is InChI=1S/C12H20O2/c1-12(5-2-3-6-12)8-10-9-14-7-4-11(10)13/h10H,2-9H2,1H3. The molecule has 1 heterocycles. The van der Waals surface area contributed by atoms with Crippen LogP contribution in [0.1, 0.15) is 45.4 Å². The smallest absolute Gasteiger partial charge is 0.140 e. The fraction of sp³-hybridized carbons (Fsp3) is 0.917. The monoisotopic (exact) mass is 196 g/mol. The molecule has 1 saturated heterocycles. The number of ether oxygens (including phenoxy) is 1. The van der Waals surface area contributed by atoms with E-state index in [0.717, 1.165) is 6.42 Å². The van der Waals surface area contributed by atoms with Crippen LogP contribution < -0.4 is 0 Å². The minimum atomic E-state index is 0.201. The molecule has 0 aromatic rings. The average Bonchev–Trinajstić information content (AvgIpc) is 2.57. The Morgan fingerprint density at radius 3 is 2.79 bits per heavy atom. The van der Waals surface area contributed by atoms with Gasteiger partial charge >= 0.3 is 0 Å². The van der Waals surface area contributed by atoms with Gasteiger partial charge in [0.2, 0.25) is 0 Å². The van der Waals surface area contributed by atoms with Gasteiger partial charge in [0.25, 0.3) is 0 Å². The molecular weight excluding hydrogens is 176 g/mol. The van der Waals surface area contributed by atoms with Gasteiger partial charge in [-0.15, -0.1) is 0 Å². The van der Waals surface area contributed by atoms with Crippen LogP contribution in [0.4, 0.5) is 0 Å². The highest BCUT2D eigenvalue weighted by Gasteiger charge is 2.34. The fourth-order valence-corrected chi connectivity index (χ4v) is 2.90. The molecule has 0 aromatic heterocycles. The molecule has 0 amide bonds. The molecule has 0 aromatic carbocycles. The predicted molar refractivity (Wildman–Crippen MR) is 55.1 cm³/mol. The second-order valence-electron chi connectivity index (χ2n) is 5.21. The molecule has 2 fully saturated rings. The Kier molecular flexibility index (Phi) is 2.91. The van der Waals surface area contributed by atoms with Crippen molar-refractivity contribution in [2.24, 2.45) is 11.3 Å².